The molecule has 0 saturated heterocycles. The van der Waals surface area contributed by atoms with Crippen molar-refractivity contribution in [3.8, 4) is 73.5 Å². The van der Waals surface area contributed by atoms with Crippen LogP contribution >= 0.6 is 0 Å². The maximum atomic E-state index is 5.27. The van der Waals surface area contributed by atoms with E-state index in [1.807, 2.05) is 18.2 Å². The molecule has 0 N–H and O–H groups in total. The summed E-state index contributed by atoms with van der Waals surface area (Å²) in [5.74, 6) is 2.40. The van der Waals surface area contributed by atoms with Crippen molar-refractivity contribution in [2.75, 3.05) is 4.90 Å². The highest BCUT2D eigenvalue weighted by Crippen LogP contribution is 2.51. The van der Waals surface area contributed by atoms with Crippen molar-refractivity contribution >= 4 is 76.8 Å². The summed E-state index contributed by atoms with van der Waals surface area (Å²) >= 11 is 0. The number of fused-ring (bicyclic) bond motifs is 12. The summed E-state index contributed by atoms with van der Waals surface area (Å²) in [7, 11) is 0. The number of anilines is 2. The van der Waals surface area contributed by atoms with E-state index in [0.29, 0.717) is 29.4 Å². The molecule has 18 rings (SSSR count). The molecular weight excluding hydrogens is 1080 g/mol. The van der Waals surface area contributed by atoms with Gasteiger partial charge in [-0.05, 0) is 126 Å². The van der Waals surface area contributed by atoms with Crippen LogP contribution in [0.15, 0.2) is 285 Å². The Morgan fingerprint density at radius 2 is 0.775 bits per heavy atom. The largest absolute Gasteiger partial charge is 0.337 e. The Bertz CT molecular complexity index is 5340. The second-order valence-corrected chi connectivity index (χ2v) is 24.1. The summed E-state index contributed by atoms with van der Waals surface area (Å²) in [6.45, 7) is 0. The van der Waals surface area contributed by atoms with Gasteiger partial charge in [0.2, 0.25) is 0 Å². The van der Waals surface area contributed by atoms with Crippen LogP contribution in [0.1, 0.15) is 43.6 Å². The predicted molar refractivity (Wildman–Crippen MR) is 368 cm³/mol. The van der Waals surface area contributed by atoms with Gasteiger partial charge in [-0.1, -0.05) is 213 Å². The Balaban J connectivity index is 0.775. The fourth-order valence-corrected chi connectivity index (χ4v) is 15.1. The molecule has 0 bridgehead atoms. The number of nitrogens with zero attached hydrogens (tertiary/aromatic N) is 7. The van der Waals surface area contributed by atoms with E-state index in [1.165, 1.54) is 103 Å². The molecule has 4 aromatic heterocycles. The second kappa shape index (κ2) is 20.8. The molecule has 7 nitrogen and oxygen atoms in total. The second-order valence-electron chi connectivity index (χ2n) is 24.1. The number of hydrogen-bond acceptors (Lipinski definition) is 4. The molecule has 1 saturated carbocycles. The fourth-order valence-electron chi connectivity index (χ4n) is 15.1. The molecule has 1 fully saturated rings. The van der Waals surface area contributed by atoms with Crippen molar-refractivity contribution < 1.29 is 0 Å². The van der Waals surface area contributed by atoms with E-state index < -0.39 is 0 Å². The minimum atomic E-state index is 0.452. The molecule has 0 amide bonds. The van der Waals surface area contributed by atoms with Crippen LogP contribution in [0.3, 0.4) is 0 Å². The van der Waals surface area contributed by atoms with Gasteiger partial charge in [0.15, 0.2) is 17.5 Å². The highest BCUT2D eigenvalue weighted by Gasteiger charge is 2.39. The van der Waals surface area contributed by atoms with E-state index in [2.05, 4.69) is 286 Å². The van der Waals surface area contributed by atoms with Crippen molar-refractivity contribution in [3.63, 3.8) is 0 Å². The SMILES string of the molecule is c1ccc(-c2nc(-c3ccc(-c4ccc(-n5c6ccccc6c6ccccc65)c(-c5ccc6c(c5)c5ccc(N7c8ccccc8C8CCCCCC87)cc5n6-c5ccccc5)c4)cc3)nc(-c3cccc(-n4c5ccccc5c5ccccc54)c3)n2)cc1. The normalized spacial score (nSPS) is 14.9. The highest BCUT2D eigenvalue weighted by atomic mass is 15.2. The quantitative estimate of drug-likeness (QED) is 0.145. The van der Waals surface area contributed by atoms with Crippen molar-refractivity contribution in [2.24, 2.45) is 0 Å². The average Bonchev–Trinajstić information content (AvgIpc) is 1.78. The molecule has 0 spiro atoms. The average molecular weight is 1140 g/mol. The lowest BCUT2D eigenvalue weighted by Gasteiger charge is -2.30. The van der Waals surface area contributed by atoms with Gasteiger partial charge in [-0.3, -0.25) is 0 Å². The third-order valence-electron chi connectivity index (χ3n) is 19.2. The molecule has 0 radical (unpaired) electrons. The highest BCUT2D eigenvalue weighted by molar-refractivity contribution is 6.13. The van der Waals surface area contributed by atoms with Crippen molar-refractivity contribution in [1.82, 2.24) is 28.7 Å². The van der Waals surface area contributed by atoms with E-state index in [-0.39, 0.29) is 0 Å². The molecule has 16 aromatic rings. The Morgan fingerprint density at radius 1 is 0.270 bits per heavy atom. The monoisotopic (exact) mass is 1140 g/mol. The summed E-state index contributed by atoms with van der Waals surface area (Å²) in [4.78, 5) is 18.3. The summed E-state index contributed by atoms with van der Waals surface area (Å²) in [5, 5.41) is 7.35. The molecule has 89 heavy (non-hydrogen) atoms. The van der Waals surface area contributed by atoms with Gasteiger partial charge in [-0.2, -0.15) is 0 Å². The molecule has 2 atom stereocenters. The minimum Gasteiger partial charge on any atom is -0.337 e. The predicted octanol–water partition coefficient (Wildman–Crippen LogP) is 21.1. The summed E-state index contributed by atoms with van der Waals surface area (Å²) < 4.78 is 7.29. The molecule has 5 heterocycles. The molecule has 422 valence electrons. The molecule has 2 unspecified atom stereocenters. The van der Waals surface area contributed by atoms with Crippen molar-refractivity contribution in [3.05, 3.63) is 291 Å². The number of rotatable bonds is 9. The number of aromatic nitrogens is 6. The van der Waals surface area contributed by atoms with Gasteiger partial charge in [0.1, 0.15) is 0 Å². The van der Waals surface area contributed by atoms with Crippen LogP contribution in [-0.4, -0.2) is 34.7 Å². The fraction of sp³-hybridized carbons (Fsp3) is 0.0854. The van der Waals surface area contributed by atoms with E-state index in [0.717, 1.165) is 67.0 Å². The van der Waals surface area contributed by atoms with E-state index in [1.54, 1.807) is 0 Å². The Hall–Kier alpha value is -11.2. The maximum absolute atomic E-state index is 5.27. The third kappa shape index (κ3) is 8.37. The minimum absolute atomic E-state index is 0.452. The first-order valence-electron chi connectivity index (χ1n) is 31.3. The molecular formula is C82H59N7. The lowest BCUT2D eigenvalue weighted by Crippen LogP contribution is -2.29. The van der Waals surface area contributed by atoms with E-state index in [4.69, 9.17) is 15.0 Å². The third-order valence-corrected chi connectivity index (χ3v) is 19.2. The lowest BCUT2D eigenvalue weighted by atomic mass is 9.91. The van der Waals surface area contributed by atoms with Crippen LogP contribution in [0.5, 0.6) is 0 Å². The van der Waals surface area contributed by atoms with Crippen LogP contribution in [0.4, 0.5) is 11.4 Å². The van der Waals surface area contributed by atoms with Gasteiger partial charge in [-0.15, -0.1) is 0 Å². The Kier molecular flexibility index (Phi) is 11.9. The van der Waals surface area contributed by atoms with Crippen molar-refractivity contribution in [2.45, 2.75) is 44.1 Å². The zero-order chi connectivity index (χ0) is 58.5. The first kappa shape index (κ1) is 51.1. The van der Waals surface area contributed by atoms with Gasteiger partial charge >= 0.3 is 0 Å². The number of hydrogen-bond donors (Lipinski definition) is 0. The zero-order valence-corrected chi connectivity index (χ0v) is 49.0. The first-order valence-corrected chi connectivity index (χ1v) is 31.3. The number of benzene rings is 12. The van der Waals surface area contributed by atoms with Crippen LogP contribution in [0, 0.1) is 0 Å². The topological polar surface area (TPSA) is 56.7 Å². The lowest BCUT2D eigenvalue weighted by molar-refractivity contribution is 0.529. The summed E-state index contributed by atoms with van der Waals surface area (Å²) in [5.41, 5.74) is 21.7. The van der Waals surface area contributed by atoms with Crippen molar-refractivity contribution in [1.29, 1.82) is 0 Å². The van der Waals surface area contributed by atoms with Gasteiger partial charge in [-0.25, -0.2) is 15.0 Å². The van der Waals surface area contributed by atoms with Crippen LogP contribution < -0.4 is 4.90 Å². The maximum Gasteiger partial charge on any atom is 0.164 e. The Labute approximate surface area is 515 Å². The van der Waals surface area contributed by atoms with Crippen LogP contribution in [0.2, 0.25) is 0 Å². The van der Waals surface area contributed by atoms with Crippen LogP contribution in [-0.2, 0) is 0 Å². The summed E-state index contributed by atoms with van der Waals surface area (Å²) in [6.07, 6.45) is 6.32. The van der Waals surface area contributed by atoms with E-state index >= 15 is 0 Å². The van der Waals surface area contributed by atoms with Gasteiger partial charge in [0.25, 0.3) is 0 Å². The van der Waals surface area contributed by atoms with Crippen LogP contribution in [0.25, 0.3) is 139 Å². The molecule has 7 heteroatoms. The molecule has 1 aliphatic carbocycles. The molecule has 1 aliphatic heterocycles. The Morgan fingerprint density at radius 3 is 1.47 bits per heavy atom. The van der Waals surface area contributed by atoms with Gasteiger partial charge in [0, 0.05) is 89.3 Å². The molecule has 2 aliphatic rings. The summed E-state index contributed by atoms with van der Waals surface area (Å²) in [6, 6.07) is 104. The zero-order valence-electron chi connectivity index (χ0n) is 49.0. The molecule has 12 aromatic carbocycles. The standard InChI is InChI=1S/C82H59N7/c1-4-21-54(22-5-1)80-83-81(85-82(84-80)58-23-20-26-60(49-58)87-72-34-15-10-29-64(72)65-30-11-16-35-73(65)87)55-41-39-53(40-42-55)56-43-47-77(89-75-37-18-13-31-66(75)67-32-14-19-38-76(67)89)69(50-56)57-44-48-78-70(51-57)68-46-45-61(52-79(68)86(78)59-24-6-2-7-25-59)88-71-33-9-3-8-27-62(71)63-28-12-17-36-74(63)88/h1-2,4-7,10-26,28-32,34-52,62,71H,3,8-9,27,33H2. The van der Waals surface area contributed by atoms with E-state index in [9.17, 15) is 0 Å². The number of para-hydroxylation sites is 6. The van der Waals surface area contributed by atoms with Gasteiger partial charge < -0.3 is 18.6 Å². The van der Waals surface area contributed by atoms with Gasteiger partial charge in [0.05, 0.1) is 38.8 Å². The smallest absolute Gasteiger partial charge is 0.164 e. The first-order chi connectivity index (χ1) is 44.1.